The van der Waals surface area contributed by atoms with Crippen molar-refractivity contribution in [3.05, 3.63) is 0 Å². The summed E-state index contributed by atoms with van der Waals surface area (Å²) in [4.78, 5) is 23.9. The van der Waals surface area contributed by atoms with Gasteiger partial charge < -0.3 is 20.5 Å². The molecule has 6 nitrogen and oxygen atoms in total. The van der Waals surface area contributed by atoms with Crippen molar-refractivity contribution in [2.24, 2.45) is 17.6 Å². The number of rotatable bonds is 7. The van der Waals surface area contributed by atoms with Crippen LogP contribution < -0.4 is 11.1 Å². The number of esters is 1. The Morgan fingerprint density at radius 3 is 2.52 bits per heavy atom. The van der Waals surface area contributed by atoms with Gasteiger partial charge in [0.2, 0.25) is 5.91 Å². The van der Waals surface area contributed by atoms with Gasteiger partial charge in [-0.2, -0.15) is 0 Å². The lowest BCUT2D eigenvalue weighted by atomic mass is 9.92. The summed E-state index contributed by atoms with van der Waals surface area (Å²) in [6, 6.07) is 0. The Morgan fingerprint density at radius 1 is 1.33 bits per heavy atom. The number of hydrogen-bond acceptors (Lipinski definition) is 5. The molecule has 1 aliphatic rings. The smallest absolute Gasteiger partial charge is 0.307 e. The van der Waals surface area contributed by atoms with Crippen LogP contribution in [-0.4, -0.2) is 44.8 Å². The molecule has 1 unspecified atom stereocenters. The van der Waals surface area contributed by atoms with Crippen LogP contribution in [0.25, 0.3) is 0 Å². The van der Waals surface area contributed by atoms with Gasteiger partial charge in [-0.25, -0.2) is 0 Å². The highest BCUT2D eigenvalue weighted by Gasteiger charge is 2.37. The zero-order valence-electron chi connectivity index (χ0n) is 13.0. The fraction of sp³-hybridized carbons (Fsp3) is 0.857. The maximum Gasteiger partial charge on any atom is 0.307 e. The van der Waals surface area contributed by atoms with E-state index in [0.29, 0.717) is 6.54 Å². The van der Waals surface area contributed by atoms with Gasteiger partial charge in [0.15, 0.2) is 0 Å². The van der Waals surface area contributed by atoms with Crippen LogP contribution in [0.5, 0.6) is 0 Å². The molecular formula is C14H27ClN2O4. The predicted octanol–water partition coefficient (Wildman–Crippen LogP) is 0.868. The van der Waals surface area contributed by atoms with Crippen LogP contribution in [0.2, 0.25) is 0 Å². The van der Waals surface area contributed by atoms with E-state index in [0.717, 1.165) is 19.3 Å². The van der Waals surface area contributed by atoms with E-state index >= 15 is 0 Å². The van der Waals surface area contributed by atoms with Crippen LogP contribution in [0.3, 0.4) is 0 Å². The van der Waals surface area contributed by atoms with Crippen LogP contribution >= 0.6 is 12.4 Å². The largest absolute Gasteiger partial charge is 0.469 e. The van der Waals surface area contributed by atoms with E-state index in [-0.39, 0.29) is 49.1 Å². The molecule has 0 radical (unpaired) electrons. The van der Waals surface area contributed by atoms with E-state index in [9.17, 15) is 9.59 Å². The lowest BCUT2D eigenvalue weighted by Crippen LogP contribution is -2.53. The van der Waals surface area contributed by atoms with Crippen LogP contribution in [-0.2, 0) is 19.1 Å². The molecule has 3 atom stereocenters. The summed E-state index contributed by atoms with van der Waals surface area (Å²) in [5.41, 5.74) is 4.96. The number of nitrogens with one attached hydrogen (secondary N) is 1. The zero-order valence-corrected chi connectivity index (χ0v) is 13.8. The number of halogens is 1. The second-order valence-corrected chi connectivity index (χ2v) is 5.77. The van der Waals surface area contributed by atoms with Gasteiger partial charge in [-0.05, 0) is 32.2 Å². The molecule has 0 aromatic rings. The van der Waals surface area contributed by atoms with Crippen LogP contribution in [0.4, 0.5) is 0 Å². The molecule has 1 saturated carbocycles. The van der Waals surface area contributed by atoms with E-state index < -0.39 is 5.54 Å². The summed E-state index contributed by atoms with van der Waals surface area (Å²) < 4.78 is 9.80. The molecule has 1 aliphatic carbocycles. The Hall–Kier alpha value is -0.850. The predicted molar refractivity (Wildman–Crippen MR) is 82.2 cm³/mol. The van der Waals surface area contributed by atoms with Crippen molar-refractivity contribution in [1.29, 1.82) is 0 Å². The van der Waals surface area contributed by atoms with E-state index in [4.69, 9.17) is 10.5 Å². The molecule has 1 rings (SSSR count). The summed E-state index contributed by atoms with van der Waals surface area (Å²) in [5, 5.41) is 2.95. The number of carbonyl (C=O) groups excluding carboxylic acids is 2. The van der Waals surface area contributed by atoms with E-state index in [2.05, 4.69) is 10.1 Å². The molecule has 0 spiro atoms. The van der Waals surface area contributed by atoms with Gasteiger partial charge in [-0.15, -0.1) is 12.4 Å². The first-order valence-corrected chi connectivity index (χ1v) is 7.03. The first kappa shape index (κ1) is 20.1. The van der Waals surface area contributed by atoms with Gasteiger partial charge in [0, 0.05) is 13.0 Å². The average Bonchev–Trinajstić information content (AvgIpc) is 2.86. The fourth-order valence-corrected chi connectivity index (χ4v) is 2.89. The first-order chi connectivity index (χ1) is 9.45. The molecule has 0 aromatic carbocycles. The van der Waals surface area contributed by atoms with Gasteiger partial charge in [0.1, 0.15) is 0 Å². The highest BCUT2D eigenvalue weighted by atomic mass is 35.5. The minimum atomic E-state index is -0.749. The van der Waals surface area contributed by atoms with Crippen molar-refractivity contribution >= 4 is 24.3 Å². The van der Waals surface area contributed by atoms with E-state index in [1.807, 2.05) is 0 Å². The molecule has 0 saturated heterocycles. The van der Waals surface area contributed by atoms with Gasteiger partial charge in [-0.1, -0.05) is 6.42 Å². The lowest BCUT2D eigenvalue weighted by Gasteiger charge is -2.31. The second kappa shape index (κ2) is 9.23. The van der Waals surface area contributed by atoms with Gasteiger partial charge >= 0.3 is 5.97 Å². The molecule has 0 heterocycles. The lowest BCUT2D eigenvalue weighted by molar-refractivity contribution is -0.143. The van der Waals surface area contributed by atoms with E-state index in [1.165, 1.54) is 7.11 Å². The summed E-state index contributed by atoms with van der Waals surface area (Å²) in [7, 11) is 2.87. The number of hydrogen-bond donors (Lipinski definition) is 2. The molecule has 1 amide bonds. The van der Waals surface area contributed by atoms with Crippen LogP contribution in [0.1, 0.15) is 32.6 Å². The summed E-state index contributed by atoms with van der Waals surface area (Å²) in [5.74, 6) is -0.234. The summed E-state index contributed by atoms with van der Waals surface area (Å²) in [6.45, 7) is 2.57. The second-order valence-electron chi connectivity index (χ2n) is 5.77. The molecule has 124 valence electrons. The SMILES string of the molecule is COCC(C)(CC(=O)OC)NC(=O)[C@@H]1CCC[C@@H]1CN.Cl. The Kier molecular flexibility index (Phi) is 8.85. The Bertz CT molecular complexity index is 354. The number of carbonyl (C=O) groups is 2. The van der Waals surface area contributed by atoms with Crippen molar-refractivity contribution < 1.29 is 19.1 Å². The van der Waals surface area contributed by atoms with Crippen molar-refractivity contribution in [3.63, 3.8) is 0 Å². The third-order valence-corrected chi connectivity index (χ3v) is 3.95. The van der Waals surface area contributed by atoms with Crippen molar-refractivity contribution in [2.75, 3.05) is 27.4 Å². The molecule has 1 fully saturated rings. The molecule has 0 aliphatic heterocycles. The highest BCUT2D eigenvalue weighted by molar-refractivity contribution is 5.85. The molecule has 7 heteroatoms. The quantitative estimate of drug-likeness (QED) is 0.679. The maximum absolute atomic E-state index is 12.4. The number of methoxy groups -OCH3 is 2. The van der Waals surface area contributed by atoms with Crippen LogP contribution in [0.15, 0.2) is 0 Å². The Labute approximate surface area is 132 Å². The summed E-state index contributed by atoms with van der Waals surface area (Å²) >= 11 is 0. The zero-order chi connectivity index (χ0) is 15.2. The summed E-state index contributed by atoms with van der Waals surface area (Å²) in [6.07, 6.45) is 2.96. The fourth-order valence-electron chi connectivity index (χ4n) is 2.89. The highest BCUT2D eigenvalue weighted by Crippen LogP contribution is 2.31. The number of nitrogens with two attached hydrogens (primary N) is 1. The molecule has 3 N–H and O–H groups in total. The maximum atomic E-state index is 12.4. The number of amides is 1. The van der Waals surface area contributed by atoms with Gasteiger partial charge in [0.05, 0.1) is 25.7 Å². The molecule has 0 aromatic heterocycles. The average molecular weight is 323 g/mol. The molecule has 21 heavy (non-hydrogen) atoms. The minimum absolute atomic E-state index is 0. The third-order valence-electron chi connectivity index (χ3n) is 3.95. The molecule has 0 bridgehead atoms. The van der Waals surface area contributed by atoms with Crippen molar-refractivity contribution in [2.45, 2.75) is 38.1 Å². The van der Waals surface area contributed by atoms with Crippen molar-refractivity contribution in [3.8, 4) is 0 Å². The van der Waals surface area contributed by atoms with E-state index in [1.54, 1.807) is 14.0 Å². The van der Waals surface area contributed by atoms with Crippen LogP contribution in [0, 0.1) is 11.8 Å². The normalized spacial score (nSPS) is 23.8. The topological polar surface area (TPSA) is 90.6 Å². The molecular weight excluding hydrogens is 296 g/mol. The van der Waals surface area contributed by atoms with Gasteiger partial charge in [0.25, 0.3) is 0 Å². The van der Waals surface area contributed by atoms with Gasteiger partial charge in [-0.3, -0.25) is 9.59 Å². The standard InChI is InChI=1S/C14H26N2O4.ClH/c1-14(9-19-2,7-12(17)20-3)16-13(18)11-6-4-5-10(11)8-15;/h10-11H,4-9,15H2,1-3H3,(H,16,18);1H/t10-,11-,14?;/m1./s1. The number of ether oxygens (including phenoxy) is 2. The first-order valence-electron chi connectivity index (χ1n) is 7.03. The Morgan fingerprint density at radius 2 is 2.00 bits per heavy atom. The Balaban J connectivity index is 0.00000400. The minimum Gasteiger partial charge on any atom is -0.469 e. The third kappa shape index (κ3) is 5.80. The van der Waals surface area contributed by atoms with Crippen molar-refractivity contribution in [1.82, 2.24) is 5.32 Å². The monoisotopic (exact) mass is 322 g/mol.